The van der Waals surface area contributed by atoms with E-state index in [-0.39, 0.29) is 30.9 Å². The average Bonchev–Trinajstić information content (AvgIpc) is 2.84. The number of aliphatic hydroxyl groups excluding tert-OH is 3. The quantitative estimate of drug-likeness (QED) is 0.127. The van der Waals surface area contributed by atoms with Gasteiger partial charge in [0.1, 0.15) is 0 Å². The third kappa shape index (κ3) is 29.8. The molecular formula is C27H60N2O5. The van der Waals surface area contributed by atoms with E-state index in [2.05, 4.69) is 20.8 Å². The van der Waals surface area contributed by atoms with Crippen molar-refractivity contribution in [3.63, 3.8) is 0 Å². The lowest BCUT2D eigenvalue weighted by Gasteiger charge is -2.12. The summed E-state index contributed by atoms with van der Waals surface area (Å²) >= 11 is 0. The van der Waals surface area contributed by atoms with Crippen molar-refractivity contribution in [1.29, 1.82) is 0 Å². The summed E-state index contributed by atoms with van der Waals surface area (Å²) in [6, 6.07) is -0.164. The number of nitrogens with two attached hydrogens (primary N) is 2. The van der Waals surface area contributed by atoms with Crippen molar-refractivity contribution in [3.05, 3.63) is 0 Å². The number of ether oxygens (including phenoxy) is 2. The summed E-state index contributed by atoms with van der Waals surface area (Å²) in [5, 5.41) is 28.1. The summed E-state index contributed by atoms with van der Waals surface area (Å²) < 4.78 is 10.7. The molecule has 7 nitrogen and oxygen atoms in total. The molecule has 0 aromatic carbocycles. The Morgan fingerprint density at radius 2 is 1.00 bits per heavy atom. The minimum atomic E-state index is -0.304. The summed E-state index contributed by atoms with van der Waals surface area (Å²) in [7, 11) is 0. The first-order valence-corrected chi connectivity index (χ1v) is 14.0. The maximum absolute atomic E-state index is 9.72. The van der Waals surface area contributed by atoms with Crippen LogP contribution >= 0.6 is 0 Å². The molecule has 0 aliphatic rings. The smallest absolute Gasteiger partial charge is 0.0639 e. The molecule has 0 saturated carbocycles. The van der Waals surface area contributed by atoms with Gasteiger partial charge in [-0.3, -0.25) is 0 Å². The second-order valence-corrected chi connectivity index (χ2v) is 9.55. The van der Waals surface area contributed by atoms with E-state index in [1.807, 2.05) is 0 Å². The van der Waals surface area contributed by atoms with E-state index in [9.17, 15) is 10.2 Å². The van der Waals surface area contributed by atoms with Crippen LogP contribution in [-0.2, 0) is 9.47 Å². The third-order valence-corrected chi connectivity index (χ3v) is 5.90. The Kier molecular flexibility index (Phi) is 30.6. The average molecular weight is 493 g/mol. The topological polar surface area (TPSA) is 131 Å². The van der Waals surface area contributed by atoms with Gasteiger partial charge in [-0.2, -0.15) is 0 Å². The van der Waals surface area contributed by atoms with Gasteiger partial charge in [-0.1, -0.05) is 85.0 Å². The Labute approximate surface area is 211 Å². The zero-order valence-electron chi connectivity index (χ0n) is 22.8. The maximum atomic E-state index is 9.72. The van der Waals surface area contributed by atoms with Gasteiger partial charge in [0, 0.05) is 19.3 Å². The first-order chi connectivity index (χ1) is 16.4. The van der Waals surface area contributed by atoms with Gasteiger partial charge in [0.2, 0.25) is 0 Å². The lowest BCUT2D eigenvalue weighted by atomic mass is 10.1. The molecule has 0 aromatic heterocycles. The molecule has 0 rings (SSSR count). The highest BCUT2D eigenvalue weighted by molar-refractivity contribution is 4.60. The molecule has 34 heavy (non-hydrogen) atoms. The van der Waals surface area contributed by atoms with Crippen molar-refractivity contribution in [3.8, 4) is 0 Å². The summed E-state index contributed by atoms with van der Waals surface area (Å²) in [4.78, 5) is 0. The molecule has 0 aliphatic heterocycles. The highest BCUT2D eigenvalue weighted by Crippen LogP contribution is 2.10. The van der Waals surface area contributed by atoms with Crippen molar-refractivity contribution >= 4 is 0 Å². The molecule has 0 aliphatic carbocycles. The lowest BCUT2D eigenvalue weighted by molar-refractivity contribution is 0.0623. The molecule has 0 heterocycles. The van der Waals surface area contributed by atoms with E-state index in [0.717, 1.165) is 38.5 Å². The van der Waals surface area contributed by atoms with Gasteiger partial charge in [0.25, 0.3) is 0 Å². The zero-order chi connectivity index (χ0) is 25.9. The van der Waals surface area contributed by atoms with Gasteiger partial charge in [-0.25, -0.2) is 0 Å². The van der Waals surface area contributed by atoms with E-state index in [0.29, 0.717) is 32.8 Å². The third-order valence-electron chi connectivity index (χ3n) is 5.90. The summed E-state index contributed by atoms with van der Waals surface area (Å²) in [5.41, 5.74) is 11.2. The van der Waals surface area contributed by atoms with Gasteiger partial charge in [0.15, 0.2) is 0 Å². The molecule has 0 radical (unpaired) electrons. The van der Waals surface area contributed by atoms with Crippen LogP contribution < -0.4 is 11.5 Å². The molecular weight excluding hydrogens is 432 g/mol. The molecule has 0 spiro atoms. The number of aliphatic hydroxyl groups is 3. The van der Waals surface area contributed by atoms with Crippen LogP contribution in [0.1, 0.15) is 117 Å². The Morgan fingerprint density at radius 1 is 0.588 bits per heavy atom. The Hall–Kier alpha value is -0.280. The molecule has 0 saturated heterocycles. The molecule has 7 N–H and O–H groups in total. The first kappa shape index (κ1) is 35.9. The van der Waals surface area contributed by atoms with Crippen LogP contribution in [0.2, 0.25) is 0 Å². The fourth-order valence-corrected chi connectivity index (χ4v) is 3.33. The van der Waals surface area contributed by atoms with Crippen molar-refractivity contribution in [1.82, 2.24) is 0 Å². The number of rotatable bonds is 24. The van der Waals surface area contributed by atoms with E-state index in [1.165, 1.54) is 51.4 Å². The van der Waals surface area contributed by atoms with Gasteiger partial charge < -0.3 is 36.3 Å². The number of hydrogen-bond donors (Lipinski definition) is 5. The van der Waals surface area contributed by atoms with Gasteiger partial charge in [0.05, 0.1) is 38.1 Å². The molecule has 7 heteroatoms. The minimum absolute atomic E-state index is 0.0556. The Morgan fingerprint density at radius 3 is 1.38 bits per heavy atom. The van der Waals surface area contributed by atoms with Gasteiger partial charge in [-0.15, -0.1) is 0 Å². The van der Waals surface area contributed by atoms with Crippen molar-refractivity contribution < 1.29 is 24.8 Å². The molecule has 4 atom stereocenters. The highest BCUT2D eigenvalue weighted by Gasteiger charge is 2.06. The monoisotopic (exact) mass is 492 g/mol. The van der Waals surface area contributed by atoms with Gasteiger partial charge in [-0.05, 0) is 32.1 Å². The van der Waals surface area contributed by atoms with Crippen LogP contribution in [-0.4, -0.2) is 72.6 Å². The van der Waals surface area contributed by atoms with Gasteiger partial charge >= 0.3 is 0 Å². The molecule has 0 fully saturated rings. The van der Waals surface area contributed by atoms with Crippen molar-refractivity contribution in [2.75, 3.05) is 33.0 Å². The Bertz CT molecular complexity index is 343. The normalized spacial score (nSPS) is 14.8. The summed E-state index contributed by atoms with van der Waals surface area (Å²) in [5.74, 6) is 0. The van der Waals surface area contributed by atoms with Crippen LogP contribution in [0.4, 0.5) is 0 Å². The van der Waals surface area contributed by atoms with Crippen LogP contribution in [0.15, 0.2) is 0 Å². The fourth-order valence-electron chi connectivity index (χ4n) is 3.33. The molecule has 0 aromatic rings. The van der Waals surface area contributed by atoms with Crippen LogP contribution in [0.5, 0.6) is 0 Å². The second-order valence-electron chi connectivity index (χ2n) is 9.55. The standard InChI is InChI=1S/C14H31NO2.C13H29NO3/c1-3-5-6-7-8-9-14(16)10-11-17-12-13(15)4-2;1-2-3-4-5-6-7-13(16)8-9-17-11-12(14)10-15/h13-14,16H,3-12,15H2,1-2H3;12-13,15-16H,2-11,14H2,1H3/t13-,14+;12-,13+/m00/s1. The SMILES string of the molecule is CCCCCCC[C@@H](O)CCOC[C@@H](N)CC.CCCCCCC[C@@H](O)CCOC[C@@H](N)CO. The summed E-state index contributed by atoms with van der Waals surface area (Å²) in [6.45, 7) is 8.53. The van der Waals surface area contributed by atoms with E-state index >= 15 is 0 Å². The van der Waals surface area contributed by atoms with Crippen molar-refractivity contribution in [2.45, 2.75) is 141 Å². The second kappa shape index (κ2) is 29.0. The maximum Gasteiger partial charge on any atom is 0.0639 e. The van der Waals surface area contributed by atoms with Crippen LogP contribution in [0.3, 0.4) is 0 Å². The molecule has 0 bridgehead atoms. The predicted molar refractivity (Wildman–Crippen MR) is 143 cm³/mol. The first-order valence-electron chi connectivity index (χ1n) is 14.0. The molecule has 0 amide bonds. The van der Waals surface area contributed by atoms with E-state index < -0.39 is 0 Å². The molecule has 0 unspecified atom stereocenters. The molecule has 208 valence electrons. The zero-order valence-corrected chi connectivity index (χ0v) is 22.8. The van der Waals surface area contributed by atoms with Crippen LogP contribution in [0, 0.1) is 0 Å². The predicted octanol–water partition coefficient (Wildman–Crippen LogP) is 4.29. The van der Waals surface area contributed by atoms with E-state index in [1.54, 1.807) is 0 Å². The fraction of sp³-hybridized carbons (Fsp3) is 1.00. The number of unbranched alkanes of at least 4 members (excludes halogenated alkanes) is 8. The number of hydrogen-bond acceptors (Lipinski definition) is 7. The lowest BCUT2D eigenvalue weighted by Crippen LogP contribution is -2.30. The Balaban J connectivity index is 0. The largest absolute Gasteiger partial charge is 0.395 e. The van der Waals surface area contributed by atoms with Crippen molar-refractivity contribution in [2.24, 2.45) is 11.5 Å². The summed E-state index contributed by atoms with van der Waals surface area (Å²) in [6.07, 6.45) is 16.0. The van der Waals surface area contributed by atoms with E-state index in [4.69, 9.17) is 26.0 Å². The highest BCUT2D eigenvalue weighted by atomic mass is 16.5. The minimum Gasteiger partial charge on any atom is -0.395 e. The van der Waals surface area contributed by atoms with Crippen LogP contribution in [0.25, 0.3) is 0 Å².